The topological polar surface area (TPSA) is 84.9 Å². The number of amides is 1. The van der Waals surface area contributed by atoms with E-state index in [4.69, 9.17) is 21.1 Å². The van der Waals surface area contributed by atoms with Crippen LogP contribution < -0.4 is 14.8 Å². The van der Waals surface area contributed by atoms with Gasteiger partial charge in [-0.05, 0) is 49.2 Å². The molecule has 0 heterocycles. The van der Waals surface area contributed by atoms with E-state index in [2.05, 4.69) is 5.32 Å². The Kier molecular flexibility index (Phi) is 7.89. The van der Waals surface area contributed by atoms with Crippen LogP contribution in [0.4, 0.5) is 0 Å². The van der Waals surface area contributed by atoms with Gasteiger partial charge in [0.2, 0.25) is 0 Å². The summed E-state index contributed by atoms with van der Waals surface area (Å²) in [4.78, 5) is 23.9. The summed E-state index contributed by atoms with van der Waals surface area (Å²) in [6.45, 7) is 4.66. The van der Waals surface area contributed by atoms with Crippen molar-refractivity contribution in [3.05, 3.63) is 64.3 Å². The first-order valence-electron chi connectivity index (χ1n) is 8.86. The molecule has 0 aromatic heterocycles. The van der Waals surface area contributed by atoms with Crippen LogP contribution in [0, 0.1) is 0 Å². The summed E-state index contributed by atoms with van der Waals surface area (Å²) in [6.07, 6.45) is 2.12. The third-order valence-electron chi connectivity index (χ3n) is 3.61. The maximum absolute atomic E-state index is 12.3. The van der Waals surface area contributed by atoms with E-state index in [0.717, 1.165) is 6.42 Å². The van der Waals surface area contributed by atoms with E-state index >= 15 is 0 Å². The average Bonchev–Trinajstić information content (AvgIpc) is 2.67. The summed E-state index contributed by atoms with van der Waals surface area (Å²) in [5, 5.41) is 12.2. The predicted molar refractivity (Wildman–Crippen MR) is 108 cm³/mol. The Morgan fingerprint density at radius 2 is 1.86 bits per heavy atom. The fourth-order valence-corrected chi connectivity index (χ4v) is 2.65. The van der Waals surface area contributed by atoms with Crippen molar-refractivity contribution >= 4 is 29.6 Å². The van der Waals surface area contributed by atoms with Crippen molar-refractivity contribution in [2.45, 2.75) is 20.3 Å². The van der Waals surface area contributed by atoms with Crippen molar-refractivity contribution in [3.8, 4) is 11.5 Å². The van der Waals surface area contributed by atoms with Gasteiger partial charge in [-0.1, -0.05) is 36.7 Å². The van der Waals surface area contributed by atoms with Crippen molar-refractivity contribution in [1.82, 2.24) is 5.32 Å². The van der Waals surface area contributed by atoms with Crippen LogP contribution in [0.15, 0.2) is 48.2 Å². The van der Waals surface area contributed by atoms with Crippen LogP contribution in [-0.4, -0.2) is 30.2 Å². The standard InChI is InChI=1S/C21H22ClNO5/c1-3-10-28-19-16(22)11-14(13-18(19)27-4-2)12-17(21(25)26)23-20(24)15-8-6-5-7-9-15/h5-9,11-13H,3-4,10H2,1-2H3,(H,23,24)(H,25,26)/b17-12+. The quantitative estimate of drug-likeness (QED) is 0.607. The Balaban J connectivity index is 2.35. The Labute approximate surface area is 168 Å². The number of hydrogen-bond acceptors (Lipinski definition) is 4. The van der Waals surface area contributed by atoms with Gasteiger partial charge in [-0.15, -0.1) is 0 Å². The fraction of sp³-hybridized carbons (Fsp3) is 0.238. The van der Waals surface area contributed by atoms with Crippen LogP contribution >= 0.6 is 11.6 Å². The van der Waals surface area contributed by atoms with E-state index in [9.17, 15) is 14.7 Å². The number of hydrogen-bond donors (Lipinski definition) is 2. The SMILES string of the molecule is CCCOc1c(Cl)cc(/C=C(/NC(=O)c2ccccc2)C(=O)O)cc1OCC. The van der Waals surface area contributed by atoms with Gasteiger partial charge in [-0.3, -0.25) is 4.79 Å². The van der Waals surface area contributed by atoms with Crippen LogP contribution in [0.1, 0.15) is 36.2 Å². The predicted octanol–water partition coefficient (Wildman–Crippen LogP) is 4.38. The van der Waals surface area contributed by atoms with E-state index in [1.54, 1.807) is 42.5 Å². The van der Waals surface area contributed by atoms with Gasteiger partial charge in [0.15, 0.2) is 11.5 Å². The number of rotatable bonds is 9. The molecular formula is C21H22ClNO5. The zero-order valence-corrected chi connectivity index (χ0v) is 16.5. The monoisotopic (exact) mass is 403 g/mol. The molecule has 0 atom stereocenters. The normalized spacial score (nSPS) is 11.0. The molecule has 0 bridgehead atoms. The summed E-state index contributed by atoms with van der Waals surface area (Å²) in [5.74, 6) is -0.973. The molecule has 28 heavy (non-hydrogen) atoms. The zero-order valence-electron chi connectivity index (χ0n) is 15.7. The van der Waals surface area contributed by atoms with Crippen LogP contribution in [0.5, 0.6) is 11.5 Å². The van der Waals surface area contributed by atoms with Gasteiger partial charge < -0.3 is 19.9 Å². The van der Waals surface area contributed by atoms with Gasteiger partial charge >= 0.3 is 5.97 Å². The first-order chi connectivity index (χ1) is 13.5. The second-order valence-electron chi connectivity index (χ2n) is 5.79. The van der Waals surface area contributed by atoms with E-state index < -0.39 is 11.9 Å². The Bertz CT molecular complexity index is 865. The molecule has 0 saturated heterocycles. The zero-order chi connectivity index (χ0) is 20.5. The van der Waals surface area contributed by atoms with Gasteiger partial charge in [0.25, 0.3) is 5.91 Å². The molecule has 7 heteroatoms. The first-order valence-corrected chi connectivity index (χ1v) is 9.24. The van der Waals surface area contributed by atoms with E-state index in [1.165, 1.54) is 6.08 Å². The molecule has 1 amide bonds. The third kappa shape index (κ3) is 5.76. The molecule has 0 aliphatic carbocycles. The maximum Gasteiger partial charge on any atom is 0.352 e. The van der Waals surface area contributed by atoms with Crippen LogP contribution in [0.25, 0.3) is 6.08 Å². The van der Waals surface area contributed by atoms with Gasteiger partial charge in [0, 0.05) is 5.56 Å². The summed E-state index contributed by atoms with van der Waals surface area (Å²) < 4.78 is 11.2. The Hall–Kier alpha value is -2.99. The molecule has 2 aromatic carbocycles. The Morgan fingerprint density at radius 1 is 1.14 bits per heavy atom. The molecule has 2 aromatic rings. The van der Waals surface area contributed by atoms with Crippen molar-refractivity contribution in [2.24, 2.45) is 0 Å². The van der Waals surface area contributed by atoms with Crippen molar-refractivity contribution in [2.75, 3.05) is 13.2 Å². The minimum atomic E-state index is -1.27. The fourth-order valence-electron chi connectivity index (χ4n) is 2.38. The van der Waals surface area contributed by atoms with Crippen molar-refractivity contribution < 1.29 is 24.2 Å². The van der Waals surface area contributed by atoms with Gasteiger partial charge in [-0.25, -0.2) is 4.79 Å². The lowest BCUT2D eigenvalue weighted by Crippen LogP contribution is -2.27. The number of ether oxygens (including phenoxy) is 2. The minimum absolute atomic E-state index is 0.283. The number of carboxylic acid groups (broad SMARTS) is 1. The summed E-state index contributed by atoms with van der Waals surface area (Å²) >= 11 is 6.30. The van der Waals surface area contributed by atoms with Crippen molar-refractivity contribution in [3.63, 3.8) is 0 Å². The second-order valence-corrected chi connectivity index (χ2v) is 6.20. The molecule has 0 unspecified atom stereocenters. The molecular weight excluding hydrogens is 382 g/mol. The third-order valence-corrected chi connectivity index (χ3v) is 3.89. The van der Waals surface area contributed by atoms with E-state index in [1.807, 2.05) is 13.8 Å². The second kappa shape index (κ2) is 10.4. The van der Waals surface area contributed by atoms with Gasteiger partial charge in [-0.2, -0.15) is 0 Å². The summed E-state index contributed by atoms with van der Waals surface area (Å²) in [7, 11) is 0. The largest absolute Gasteiger partial charge is 0.490 e. The number of carbonyl (C=O) groups is 2. The lowest BCUT2D eigenvalue weighted by Gasteiger charge is -2.14. The average molecular weight is 404 g/mol. The maximum atomic E-state index is 12.3. The molecule has 0 fully saturated rings. The number of carbonyl (C=O) groups excluding carboxylic acids is 1. The van der Waals surface area contributed by atoms with E-state index in [0.29, 0.717) is 40.9 Å². The molecule has 2 N–H and O–H groups in total. The van der Waals surface area contributed by atoms with Gasteiger partial charge in [0.1, 0.15) is 5.70 Å². The number of nitrogens with one attached hydrogen (secondary N) is 1. The smallest absolute Gasteiger partial charge is 0.352 e. The van der Waals surface area contributed by atoms with Crippen molar-refractivity contribution in [1.29, 1.82) is 0 Å². The highest BCUT2D eigenvalue weighted by Crippen LogP contribution is 2.37. The first kappa shape index (κ1) is 21.3. The number of carboxylic acids is 1. The van der Waals surface area contributed by atoms with Gasteiger partial charge in [0.05, 0.1) is 18.2 Å². The highest BCUT2D eigenvalue weighted by Gasteiger charge is 2.16. The van der Waals surface area contributed by atoms with Crippen LogP contribution in [0.3, 0.4) is 0 Å². The molecule has 0 aliphatic heterocycles. The molecule has 0 spiro atoms. The molecule has 2 rings (SSSR count). The lowest BCUT2D eigenvalue weighted by molar-refractivity contribution is -0.132. The minimum Gasteiger partial charge on any atom is -0.490 e. The van der Waals surface area contributed by atoms with Crippen LogP contribution in [-0.2, 0) is 4.79 Å². The molecule has 0 saturated carbocycles. The molecule has 0 radical (unpaired) electrons. The highest BCUT2D eigenvalue weighted by molar-refractivity contribution is 6.32. The number of halogens is 1. The number of benzene rings is 2. The highest BCUT2D eigenvalue weighted by atomic mass is 35.5. The lowest BCUT2D eigenvalue weighted by atomic mass is 10.1. The number of aliphatic carboxylic acids is 1. The van der Waals surface area contributed by atoms with Crippen LogP contribution in [0.2, 0.25) is 5.02 Å². The molecule has 148 valence electrons. The van der Waals surface area contributed by atoms with E-state index in [-0.39, 0.29) is 5.70 Å². The summed E-state index contributed by atoms with van der Waals surface area (Å²) in [6, 6.07) is 11.5. The Morgan fingerprint density at radius 3 is 2.46 bits per heavy atom. The molecule has 0 aliphatic rings. The summed E-state index contributed by atoms with van der Waals surface area (Å²) in [5.41, 5.74) is 0.531. The molecule has 6 nitrogen and oxygen atoms in total.